The number of carboxylic acid groups (broad SMARTS) is 1. The lowest BCUT2D eigenvalue weighted by Crippen LogP contribution is -2.36. The van der Waals surface area contributed by atoms with E-state index in [-0.39, 0.29) is 24.7 Å². The van der Waals surface area contributed by atoms with E-state index in [1.54, 1.807) is 23.1 Å². The van der Waals surface area contributed by atoms with Crippen molar-refractivity contribution in [1.29, 1.82) is 5.26 Å². The topological polar surface area (TPSA) is 64.3 Å². The van der Waals surface area contributed by atoms with Crippen LogP contribution in [0.25, 0.3) is 0 Å². The van der Waals surface area contributed by atoms with E-state index in [0.29, 0.717) is 5.56 Å². The Morgan fingerprint density at radius 3 is 2.79 bits per heavy atom. The van der Waals surface area contributed by atoms with E-state index in [0.717, 1.165) is 6.42 Å². The van der Waals surface area contributed by atoms with Crippen molar-refractivity contribution in [2.45, 2.75) is 32.9 Å². The summed E-state index contributed by atoms with van der Waals surface area (Å²) in [7, 11) is 0. The summed E-state index contributed by atoms with van der Waals surface area (Å²) in [6.07, 6.45) is 0.771. The third-order valence-electron chi connectivity index (χ3n) is 3.13. The molecule has 0 amide bonds. The summed E-state index contributed by atoms with van der Waals surface area (Å²) < 4.78 is 13.9. The molecule has 1 unspecified atom stereocenters. The highest BCUT2D eigenvalue weighted by Gasteiger charge is 2.18. The Bertz CT molecular complexity index is 497. The van der Waals surface area contributed by atoms with Gasteiger partial charge in [-0.1, -0.05) is 19.1 Å². The summed E-state index contributed by atoms with van der Waals surface area (Å²) in [4.78, 5) is 12.5. The molecule has 0 aromatic heterocycles. The van der Waals surface area contributed by atoms with Crippen molar-refractivity contribution in [3.05, 3.63) is 35.1 Å². The Morgan fingerprint density at radius 2 is 2.26 bits per heavy atom. The van der Waals surface area contributed by atoms with Crippen molar-refractivity contribution >= 4 is 5.97 Å². The van der Waals surface area contributed by atoms with E-state index < -0.39 is 11.8 Å². The number of hydrogen-bond donors (Lipinski definition) is 1. The Kier molecular flexibility index (Phi) is 5.46. The molecular weight excluding hydrogens is 247 g/mol. The summed E-state index contributed by atoms with van der Waals surface area (Å²) >= 11 is 0. The van der Waals surface area contributed by atoms with Crippen LogP contribution in [0.5, 0.6) is 0 Å². The van der Waals surface area contributed by atoms with E-state index in [9.17, 15) is 9.18 Å². The van der Waals surface area contributed by atoms with E-state index in [1.807, 2.05) is 13.8 Å². The lowest BCUT2D eigenvalue weighted by molar-refractivity contribution is -0.139. The first-order valence-electron chi connectivity index (χ1n) is 6.12. The summed E-state index contributed by atoms with van der Waals surface area (Å²) in [5.41, 5.74) is 0.331. The second-order valence-electron chi connectivity index (χ2n) is 4.45. The van der Waals surface area contributed by atoms with Gasteiger partial charge in [0.15, 0.2) is 0 Å². The van der Waals surface area contributed by atoms with Gasteiger partial charge in [-0.05, 0) is 19.4 Å². The van der Waals surface area contributed by atoms with Crippen LogP contribution in [0.3, 0.4) is 0 Å². The number of nitrogens with zero attached hydrogens (tertiary/aromatic N) is 2. The number of aliphatic carboxylic acids is 1. The monoisotopic (exact) mass is 264 g/mol. The van der Waals surface area contributed by atoms with Crippen molar-refractivity contribution in [2.24, 2.45) is 0 Å². The largest absolute Gasteiger partial charge is 0.480 e. The van der Waals surface area contributed by atoms with Gasteiger partial charge in [0.2, 0.25) is 0 Å². The van der Waals surface area contributed by atoms with Gasteiger partial charge >= 0.3 is 5.97 Å². The van der Waals surface area contributed by atoms with Crippen LogP contribution in [-0.2, 0) is 11.3 Å². The van der Waals surface area contributed by atoms with Crippen LogP contribution >= 0.6 is 0 Å². The van der Waals surface area contributed by atoms with E-state index >= 15 is 0 Å². The minimum Gasteiger partial charge on any atom is -0.480 e. The van der Waals surface area contributed by atoms with Gasteiger partial charge in [0.05, 0.1) is 12.1 Å². The zero-order valence-corrected chi connectivity index (χ0v) is 11.1. The fraction of sp³-hybridized carbons (Fsp3) is 0.429. The normalized spacial score (nSPS) is 12.2. The molecule has 4 nitrogen and oxygen atoms in total. The molecule has 5 heteroatoms. The summed E-state index contributed by atoms with van der Waals surface area (Å²) in [6.45, 7) is 3.88. The first kappa shape index (κ1) is 15.1. The number of hydrogen-bond acceptors (Lipinski definition) is 3. The maximum Gasteiger partial charge on any atom is 0.317 e. The lowest BCUT2D eigenvalue weighted by Gasteiger charge is -2.26. The Hall–Kier alpha value is -1.93. The van der Waals surface area contributed by atoms with Gasteiger partial charge in [-0.2, -0.15) is 5.26 Å². The van der Waals surface area contributed by atoms with Crippen molar-refractivity contribution in [3.63, 3.8) is 0 Å². The van der Waals surface area contributed by atoms with Gasteiger partial charge in [-0.3, -0.25) is 9.69 Å². The molecule has 0 aliphatic heterocycles. The van der Waals surface area contributed by atoms with Crippen molar-refractivity contribution in [3.8, 4) is 6.07 Å². The molecule has 1 aromatic carbocycles. The molecule has 0 saturated heterocycles. The molecule has 0 aliphatic rings. The van der Waals surface area contributed by atoms with Crippen LogP contribution in [0.2, 0.25) is 0 Å². The molecule has 102 valence electrons. The second kappa shape index (κ2) is 6.86. The summed E-state index contributed by atoms with van der Waals surface area (Å²) in [5, 5.41) is 17.7. The van der Waals surface area contributed by atoms with Gasteiger partial charge in [-0.25, -0.2) is 4.39 Å². The molecule has 0 bridgehead atoms. The molecule has 1 aromatic rings. The van der Waals surface area contributed by atoms with Crippen molar-refractivity contribution in [2.75, 3.05) is 6.54 Å². The van der Waals surface area contributed by atoms with Crippen LogP contribution in [0, 0.1) is 17.1 Å². The highest BCUT2D eigenvalue weighted by Crippen LogP contribution is 2.16. The molecule has 1 N–H and O–H groups in total. The minimum atomic E-state index is -0.947. The maximum atomic E-state index is 13.9. The Morgan fingerprint density at radius 1 is 1.58 bits per heavy atom. The average Bonchev–Trinajstić information content (AvgIpc) is 2.38. The van der Waals surface area contributed by atoms with Crippen LogP contribution in [0.15, 0.2) is 18.2 Å². The molecule has 0 fully saturated rings. The summed E-state index contributed by atoms with van der Waals surface area (Å²) in [5.74, 6) is -1.51. The van der Waals surface area contributed by atoms with Crippen LogP contribution in [0.4, 0.5) is 4.39 Å². The molecule has 0 spiro atoms. The van der Waals surface area contributed by atoms with Crippen molar-refractivity contribution < 1.29 is 14.3 Å². The molecule has 1 rings (SSSR count). The van der Waals surface area contributed by atoms with E-state index in [4.69, 9.17) is 10.4 Å². The van der Waals surface area contributed by atoms with Crippen LogP contribution in [-0.4, -0.2) is 28.6 Å². The average molecular weight is 264 g/mol. The first-order valence-corrected chi connectivity index (χ1v) is 6.12. The fourth-order valence-corrected chi connectivity index (χ4v) is 1.81. The standard InChI is InChI=1S/C14H17FN2O2/c1-3-10(2)17(9-13(18)19)8-12-6-4-5-11(7-16)14(12)15/h4-6,10H,3,8-9H2,1-2H3,(H,18,19). The zero-order chi connectivity index (χ0) is 14.4. The SMILES string of the molecule is CCC(C)N(CC(=O)O)Cc1cccc(C#N)c1F. The third-order valence-corrected chi connectivity index (χ3v) is 3.13. The zero-order valence-electron chi connectivity index (χ0n) is 11.1. The second-order valence-corrected chi connectivity index (χ2v) is 4.45. The lowest BCUT2D eigenvalue weighted by atomic mass is 10.1. The highest BCUT2D eigenvalue weighted by atomic mass is 19.1. The predicted molar refractivity (Wildman–Crippen MR) is 68.9 cm³/mol. The van der Waals surface area contributed by atoms with Gasteiger partial charge in [-0.15, -0.1) is 0 Å². The van der Waals surface area contributed by atoms with Crippen LogP contribution < -0.4 is 0 Å². The highest BCUT2D eigenvalue weighted by molar-refractivity contribution is 5.69. The molecule has 1 atom stereocenters. The van der Waals surface area contributed by atoms with Crippen LogP contribution in [0.1, 0.15) is 31.4 Å². The molecular formula is C14H17FN2O2. The Labute approximate surface area is 112 Å². The van der Waals surface area contributed by atoms with Gasteiger partial charge in [0.1, 0.15) is 11.9 Å². The quantitative estimate of drug-likeness (QED) is 0.856. The fourth-order valence-electron chi connectivity index (χ4n) is 1.81. The maximum absolute atomic E-state index is 13.9. The minimum absolute atomic E-state index is 0.0167. The molecule has 0 heterocycles. The number of nitriles is 1. The van der Waals surface area contributed by atoms with E-state index in [2.05, 4.69) is 0 Å². The van der Waals surface area contributed by atoms with Gasteiger partial charge in [0, 0.05) is 18.2 Å². The molecule has 19 heavy (non-hydrogen) atoms. The number of benzene rings is 1. The Balaban J connectivity index is 2.96. The molecule has 0 aliphatic carbocycles. The predicted octanol–water partition coefficient (Wildman–Crippen LogP) is 2.38. The number of carboxylic acids is 1. The number of carbonyl (C=O) groups is 1. The first-order chi connectivity index (χ1) is 8.99. The number of halogens is 1. The molecule has 0 radical (unpaired) electrons. The van der Waals surface area contributed by atoms with Gasteiger partial charge in [0.25, 0.3) is 0 Å². The third kappa shape index (κ3) is 4.04. The van der Waals surface area contributed by atoms with Crippen molar-refractivity contribution in [1.82, 2.24) is 4.90 Å². The van der Waals surface area contributed by atoms with E-state index in [1.165, 1.54) is 6.07 Å². The van der Waals surface area contributed by atoms with Gasteiger partial charge < -0.3 is 5.11 Å². The number of rotatable bonds is 6. The molecule has 0 saturated carbocycles. The smallest absolute Gasteiger partial charge is 0.317 e. The summed E-state index contributed by atoms with van der Waals surface area (Å²) in [6, 6.07) is 6.40.